The van der Waals surface area contributed by atoms with Crippen molar-refractivity contribution in [2.24, 2.45) is 5.92 Å². The summed E-state index contributed by atoms with van der Waals surface area (Å²) in [7, 11) is 0. The van der Waals surface area contributed by atoms with E-state index in [1.54, 1.807) is 6.07 Å². The maximum absolute atomic E-state index is 14.4. The molecule has 2 N–H and O–H groups in total. The van der Waals surface area contributed by atoms with Crippen molar-refractivity contribution in [3.05, 3.63) is 29.8 Å². The van der Waals surface area contributed by atoms with Crippen LogP contribution < -0.4 is 5.73 Å². The summed E-state index contributed by atoms with van der Waals surface area (Å²) < 4.78 is 14.4. The Balaban J connectivity index is 2.11. The monoisotopic (exact) mass is 221 g/mol. The Morgan fingerprint density at radius 2 is 1.69 bits per heavy atom. The highest BCUT2D eigenvalue weighted by molar-refractivity contribution is 5.47. The topological polar surface area (TPSA) is 26.0 Å². The summed E-state index contributed by atoms with van der Waals surface area (Å²) >= 11 is 0. The van der Waals surface area contributed by atoms with Crippen molar-refractivity contribution in [1.82, 2.24) is 0 Å². The molecule has 0 heterocycles. The van der Waals surface area contributed by atoms with Gasteiger partial charge in [0.25, 0.3) is 0 Å². The van der Waals surface area contributed by atoms with Gasteiger partial charge in [0.15, 0.2) is 0 Å². The highest BCUT2D eigenvalue weighted by Crippen LogP contribution is 2.37. The Morgan fingerprint density at radius 1 is 1.06 bits per heavy atom. The summed E-state index contributed by atoms with van der Waals surface area (Å²) in [5, 5.41) is 0. The third-order valence-corrected chi connectivity index (χ3v) is 3.61. The molecule has 88 valence electrons. The average molecular weight is 221 g/mol. The molecule has 0 spiro atoms. The summed E-state index contributed by atoms with van der Waals surface area (Å²) in [4.78, 5) is 0. The Kier molecular flexibility index (Phi) is 3.81. The number of halogens is 1. The van der Waals surface area contributed by atoms with Crippen LogP contribution in [0.3, 0.4) is 0 Å². The summed E-state index contributed by atoms with van der Waals surface area (Å²) in [6.45, 7) is 0. The lowest BCUT2D eigenvalue weighted by atomic mass is 9.90. The second-order valence-corrected chi connectivity index (χ2v) is 4.78. The first-order valence-corrected chi connectivity index (χ1v) is 6.27. The van der Waals surface area contributed by atoms with Crippen LogP contribution in [0.5, 0.6) is 0 Å². The van der Waals surface area contributed by atoms with Crippen molar-refractivity contribution in [3.8, 4) is 0 Å². The molecule has 1 fully saturated rings. The lowest BCUT2D eigenvalue weighted by Crippen LogP contribution is -2.10. The molecule has 1 aliphatic rings. The van der Waals surface area contributed by atoms with Crippen LogP contribution in [0, 0.1) is 5.92 Å². The van der Waals surface area contributed by atoms with Crippen molar-refractivity contribution in [1.29, 1.82) is 0 Å². The number of hydrogen-bond donors (Lipinski definition) is 1. The SMILES string of the molecule is Nc1ccccc1C(F)C1CCCCCC1. The normalized spacial score (nSPS) is 20.3. The quantitative estimate of drug-likeness (QED) is 0.586. The van der Waals surface area contributed by atoms with Gasteiger partial charge < -0.3 is 5.73 Å². The van der Waals surface area contributed by atoms with Gasteiger partial charge in [-0.25, -0.2) is 4.39 Å². The van der Waals surface area contributed by atoms with Crippen LogP contribution in [-0.4, -0.2) is 0 Å². The van der Waals surface area contributed by atoms with Crippen LogP contribution in [0.1, 0.15) is 50.3 Å². The molecule has 16 heavy (non-hydrogen) atoms. The molecule has 1 saturated carbocycles. The largest absolute Gasteiger partial charge is 0.398 e. The van der Waals surface area contributed by atoms with Crippen molar-refractivity contribution >= 4 is 5.69 Å². The number of nitrogen functional groups attached to an aromatic ring is 1. The number of para-hydroxylation sites is 1. The first-order chi connectivity index (χ1) is 7.79. The molecule has 0 aliphatic heterocycles. The molecule has 1 nitrogen and oxygen atoms in total. The first kappa shape index (κ1) is 11.4. The van der Waals surface area contributed by atoms with E-state index in [2.05, 4.69) is 0 Å². The van der Waals surface area contributed by atoms with E-state index in [9.17, 15) is 4.39 Å². The summed E-state index contributed by atoms with van der Waals surface area (Å²) in [5.74, 6) is 0.173. The second-order valence-electron chi connectivity index (χ2n) is 4.78. The van der Waals surface area contributed by atoms with Crippen molar-refractivity contribution in [2.75, 3.05) is 5.73 Å². The van der Waals surface area contributed by atoms with Crippen LogP contribution in [0.2, 0.25) is 0 Å². The van der Waals surface area contributed by atoms with Gasteiger partial charge >= 0.3 is 0 Å². The number of alkyl halides is 1. The Morgan fingerprint density at radius 3 is 2.31 bits per heavy atom. The lowest BCUT2D eigenvalue weighted by Gasteiger charge is -2.20. The third-order valence-electron chi connectivity index (χ3n) is 3.61. The maximum atomic E-state index is 14.4. The van der Waals surface area contributed by atoms with Crippen molar-refractivity contribution in [2.45, 2.75) is 44.7 Å². The van der Waals surface area contributed by atoms with Crippen LogP contribution in [0.25, 0.3) is 0 Å². The van der Waals surface area contributed by atoms with Gasteiger partial charge in [0.1, 0.15) is 6.17 Å². The van der Waals surface area contributed by atoms with E-state index in [-0.39, 0.29) is 5.92 Å². The van der Waals surface area contributed by atoms with Gasteiger partial charge in [0, 0.05) is 11.3 Å². The first-order valence-electron chi connectivity index (χ1n) is 6.27. The summed E-state index contributed by atoms with van der Waals surface area (Å²) in [6, 6.07) is 7.34. The number of hydrogen-bond acceptors (Lipinski definition) is 1. The Bertz CT molecular complexity index is 329. The smallest absolute Gasteiger partial charge is 0.130 e. The van der Waals surface area contributed by atoms with Crippen LogP contribution in [-0.2, 0) is 0 Å². The van der Waals surface area contributed by atoms with E-state index in [1.807, 2.05) is 18.2 Å². The zero-order chi connectivity index (χ0) is 11.4. The highest BCUT2D eigenvalue weighted by Gasteiger charge is 2.24. The van der Waals surface area contributed by atoms with Crippen molar-refractivity contribution in [3.63, 3.8) is 0 Å². The van der Waals surface area contributed by atoms with E-state index >= 15 is 0 Å². The molecule has 0 bridgehead atoms. The van der Waals surface area contributed by atoms with E-state index in [0.29, 0.717) is 11.3 Å². The molecule has 0 amide bonds. The van der Waals surface area contributed by atoms with E-state index < -0.39 is 6.17 Å². The molecular weight excluding hydrogens is 201 g/mol. The van der Waals surface area contributed by atoms with Gasteiger partial charge in [-0.05, 0) is 24.8 Å². The number of benzene rings is 1. The van der Waals surface area contributed by atoms with Crippen LogP contribution >= 0.6 is 0 Å². The van der Waals surface area contributed by atoms with Crippen LogP contribution in [0.15, 0.2) is 24.3 Å². The maximum Gasteiger partial charge on any atom is 0.130 e. The van der Waals surface area contributed by atoms with Crippen molar-refractivity contribution < 1.29 is 4.39 Å². The lowest BCUT2D eigenvalue weighted by molar-refractivity contribution is 0.212. The predicted octanol–water partition coefficient (Wildman–Crippen LogP) is 4.25. The van der Waals surface area contributed by atoms with Gasteiger partial charge in [-0.3, -0.25) is 0 Å². The summed E-state index contributed by atoms with van der Waals surface area (Å²) in [5.41, 5.74) is 7.11. The van der Waals surface area contributed by atoms with Gasteiger partial charge in [-0.15, -0.1) is 0 Å². The predicted molar refractivity (Wildman–Crippen MR) is 65.9 cm³/mol. The highest BCUT2D eigenvalue weighted by atomic mass is 19.1. The molecule has 0 aromatic heterocycles. The summed E-state index contributed by atoms with van der Waals surface area (Å²) in [6.07, 6.45) is 5.99. The molecule has 1 aliphatic carbocycles. The number of rotatable bonds is 2. The van der Waals surface area contributed by atoms with E-state index in [1.165, 1.54) is 12.8 Å². The average Bonchev–Trinajstić information content (AvgIpc) is 2.57. The third kappa shape index (κ3) is 2.55. The molecular formula is C14H20FN. The Hall–Kier alpha value is -1.05. The minimum atomic E-state index is -0.876. The fourth-order valence-electron chi connectivity index (χ4n) is 2.62. The molecule has 1 unspecified atom stereocenters. The Labute approximate surface area is 96.9 Å². The van der Waals surface area contributed by atoms with Gasteiger partial charge in [-0.2, -0.15) is 0 Å². The van der Waals surface area contributed by atoms with E-state index in [4.69, 9.17) is 5.73 Å². The second kappa shape index (κ2) is 5.33. The van der Waals surface area contributed by atoms with E-state index in [0.717, 1.165) is 25.7 Å². The molecule has 1 aromatic carbocycles. The molecule has 1 atom stereocenters. The minimum Gasteiger partial charge on any atom is -0.398 e. The molecule has 1 aromatic rings. The van der Waals surface area contributed by atoms with Gasteiger partial charge in [-0.1, -0.05) is 43.9 Å². The molecule has 0 saturated heterocycles. The number of nitrogens with two attached hydrogens (primary N) is 1. The van der Waals surface area contributed by atoms with Crippen LogP contribution in [0.4, 0.5) is 10.1 Å². The van der Waals surface area contributed by atoms with Gasteiger partial charge in [0.2, 0.25) is 0 Å². The molecule has 2 heteroatoms. The fourth-order valence-corrected chi connectivity index (χ4v) is 2.62. The molecule has 0 radical (unpaired) electrons. The van der Waals surface area contributed by atoms with Gasteiger partial charge in [0.05, 0.1) is 0 Å². The molecule has 2 rings (SSSR count). The number of anilines is 1. The standard InChI is InChI=1S/C14H20FN/c15-14(11-7-3-1-2-4-8-11)12-9-5-6-10-13(12)16/h5-6,9-11,14H,1-4,7-8,16H2. The fraction of sp³-hybridized carbons (Fsp3) is 0.571. The minimum absolute atomic E-state index is 0.173. The zero-order valence-electron chi connectivity index (χ0n) is 9.66. The zero-order valence-corrected chi connectivity index (χ0v) is 9.66.